The summed E-state index contributed by atoms with van der Waals surface area (Å²) in [6.07, 6.45) is 0. The SMILES string of the molecule is Cc1cc2nc(C)ccc2c(C(C)(C)NC(=O)[C@H]2[C@@H]3CNC[C@@H]32)n1. The van der Waals surface area contributed by atoms with Crippen LogP contribution in [0.5, 0.6) is 0 Å². The summed E-state index contributed by atoms with van der Waals surface area (Å²) in [6.45, 7) is 9.96. The van der Waals surface area contributed by atoms with Crippen LogP contribution in [0.4, 0.5) is 0 Å². The number of hydrogen-bond donors (Lipinski definition) is 2. The van der Waals surface area contributed by atoms with Crippen LogP contribution in [0, 0.1) is 31.6 Å². The van der Waals surface area contributed by atoms with Gasteiger partial charge in [-0.3, -0.25) is 14.8 Å². The van der Waals surface area contributed by atoms with Crippen LogP contribution in [0.2, 0.25) is 0 Å². The summed E-state index contributed by atoms with van der Waals surface area (Å²) < 4.78 is 0. The molecule has 5 nitrogen and oxygen atoms in total. The molecule has 2 aliphatic rings. The van der Waals surface area contributed by atoms with Gasteiger partial charge in [-0.15, -0.1) is 0 Å². The summed E-state index contributed by atoms with van der Waals surface area (Å²) in [4.78, 5) is 22.1. The molecular weight excluding hydrogens is 300 g/mol. The van der Waals surface area contributed by atoms with Gasteiger partial charge in [0.15, 0.2) is 0 Å². The molecular formula is C19H24N4O. The number of fused-ring (bicyclic) bond motifs is 2. The zero-order valence-corrected chi connectivity index (χ0v) is 14.7. The van der Waals surface area contributed by atoms with Crippen LogP contribution in [0.1, 0.15) is 30.9 Å². The second-order valence-electron chi connectivity index (χ2n) is 7.76. The van der Waals surface area contributed by atoms with Crippen LogP contribution in [-0.2, 0) is 10.3 Å². The summed E-state index contributed by atoms with van der Waals surface area (Å²) >= 11 is 0. The minimum Gasteiger partial charge on any atom is -0.345 e. The molecule has 0 unspecified atom stereocenters. The molecule has 0 bridgehead atoms. The average Bonchev–Trinajstić information content (AvgIpc) is 2.99. The second-order valence-corrected chi connectivity index (χ2v) is 7.76. The number of pyridine rings is 2. The van der Waals surface area contributed by atoms with Gasteiger partial charge in [-0.25, -0.2) is 0 Å². The summed E-state index contributed by atoms with van der Waals surface area (Å²) in [5, 5.41) is 7.59. The molecule has 0 aromatic carbocycles. The van der Waals surface area contributed by atoms with Crippen molar-refractivity contribution in [1.29, 1.82) is 0 Å². The smallest absolute Gasteiger partial charge is 0.224 e. The summed E-state index contributed by atoms with van der Waals surface area (Å²) in [5.74, 6) is 1.37. The van der Waals surface area contributed by atoms with Crippen molar-refractivity contribution in [3.8, 4) is 0 Å². The van der Waals surface area contributed by atoms with Gasteiger partial charge in [0.2, 0.25) is 5.91 Å². The molecule has 4 rings (SSSR count). The number of carbonyl (C=O) groups is 1. The van der Waals surface area contributed by atoms with E-state index in [9.17, 15) is 4.79 Å². The quantitative estimate of drug-likeness (QED) is 0.907. The monoisotopic (exact) mass is 324 g/mol. The fraction of sp³-hybridized carbons (Fsp3) is 0.526. The number of aryl methyl sites for hydroxylation is 2. The van der Waals surface area contributed by atoms with Crippen molar-refractivity contribution in [2.24, 2.45) is 17.8 Å². The zero-order valence-electron chi connectivity index (χ0n) is 14.7. The molecule has 2 aromatic heterocycles. The Kier molecular flexibility index (Phi) is 3.39. The van der Waals surface area contributed by atoms with Gasteiger partial charge < -0.3 is 10.6 Å². The minimum atomic E-state index is -0.525. The van der Waals surface area contributed by atoms with Crippen LogP contribution >= 0.6 is 0 Å². The van der Waals surface area contributed by atoms with Gasteiger partial charge in [-0.2, -0.15) is 0 Å². The lowest BCUT2D eigenvalue weighted by molar-refractivity contribution is -0.124. The van der Waals surface area contributed by atoms with Crippen molar-refractivity contribution >= 4 is 16.8 Å². The number of amides is 1. The van der Waals surface area contributed by atoms with Gasteiger partial charge in [0.25, 0.3) is 0 Å². The van der Waals surface area contributed by atoms with E-state index in [1.807, 2.05) is 39.8 Å². The van der Waals surface area contributed by atoms with Crippen LogP contribution in [0.3, 0.4) is 0 Å². The summed E-state index contributed by atoms with van der Waals surface area (Å²) in [7, 11) is 0. The number of hydrogen-bond acceptors (Lipinski definition) is 4. The fourth-order valence-electron chi connectivity index (χ4n) is 4.09. The van der Waals surface area contributed by atoms with E-state index < -0.39 is 5.54 Å². The Morgan fingerprint density at radius 1 is 1.17 bits per heavy atom. The van der Waals surface area contributed by atoms with Crippen molar-refractivity contribution in [3.63, 3.8) is 0 Å². The van der Waals surface area contributed by atoms with E-state index in [1.165, 1.54) is 0 Å². The van der Waals surface area contributed by atoms with E-state index in [2.05, 4.69) is 21.7 Å². The highest BCUT2D eigenvalue weighted by molar-refractivity contribution is 5.86. The minimum absolute atomic E-state index is 0.160. The molecule has 5 heteroatoms. The van der Waals surface area contributed by atoms with Crippen LogP contribution in [0.25, 0.3) is 10.9 Å². The van der Waals surface area contributed by atoms with Crippen molar-refractivity contribution in [2.45, 2.75) is 33.2 Å². The van der Waals surface area contributed by atoms with E-state index in [4.69, 9.17) is 4.98 Å². The first kappa shape index (κ1) is 15.5. The van der Waals surface area contributed by atoms with Crippen LogP contribution in [0.15, 0.2) is 18.2 Å². The summed E-state index contributed by atoms with van der Waals surface area (Å²) in [6, 6.07) is 6.06. The van der Waals surface area contributed by atoms with E-state index in [-0.39, 0.29) is 11.8 Å². The molecule has 0 radical (unpaired) electrons. The highest BCUT2D eigenvalue weighted by Crippen LogP contribution is 2.49. The van der Waals surface area contributed by atoms with Gasteiger partial charge in [0.05, 0.1) is 16.7 Å². The first-order valence-corrected chi connectivity index (χ1v) is 8.65. The molecule has 1 aliphatic heterocycles. The number of rotatable bonds is 3. The molecule has 0 spiro atoms. The molecule has 3 atom stereocenters. The van der Waals surface area contributed by atoms with Crippen LogP contribution < -0.4 is 10.6 Å². The first-order chi connectivity index (χ1) is 11.4. The summed E-state index contributed by atoms with van der Waals surface area (Å²) in [5.41, 5.74) is 3.21. The third kappa shape index (κ3) is 2.47. The Morgan fingerprint density at radius 2 is 1.88 bits per heavy atom. The molecule has 2 aromatic rings. The molecule has 2 fully saturated rings. The lowest BCUT2D eigenvalue weighted by Gasteiger charge is -2.28. The van der Waals surface area contributed by atoms with E-state index in [0.717, 1.165) is 41.1 Å². The Bertz CT molecular complexity index is 814. The predicted octanol–water partition coefficient (Wildman–Crippen LogP) is 2.06. The molecule has 1 amide bonds. The maximum atomic E-state index is 12.7. The highest BCUT2D eigenvalue weighted by Gasteiger charge is 2.57. The third-order valence-corrected chi connectivity index (χ3v) is 5.37. The van der Waals surface area contributed by atoms with Gasteiger partial charge in [0, 0.05) is 22.7 Å². The molecule has 1 aliphatic carbocycles. The number of carbonyl (C=O) groups excluding carboxylic acids is 1. The maximum Gasteiger partial charge on any atom is 0.224 e. The van der Waals surface area contributed by atoms with Gasteiger partial charge in [-0.1, -0.05) is 0 Å². The zero-order chi connectivity index (χ0) is 17.1. The highest BCUT2D eigenvalue weighted by atomic mass is 16.2. The predicted molar refractivity (Wildman–Crippen MR) is 93.5 cm³/mol. The van der Waals surface area contributed by atoms with E-state index in [0.29, 0.717) is 11.8 Å². The molecule has 1 saturated carbocycles. The van der Waals surface area contributed by atoms with Gasteiger partial charge >= 0.3 is 0 Å². The van der Waals surface area contributed by atoms with Crippen molar-refractivity contribution < 1.29 is 4.79 Å². The Labute approximate surface area is 142 Å². The molecule has 126 valence electrons. The first-order valence-electron chi connectivity index (χ1n) is 8.65. The second kappa shape index (κ2) is 5.24. The molecule has 2 N–H and O–H groups in total. The molecule has 24 heavy (non-hydrogen) atoms. The Hall–Kier alpha value is -2.01. The lowest BCUT2D eigenvalue weighted by atomic mass is 9.95. The number of nitrogens with one attached hydrogen (secondary N) is 2. The number of nitrogens with zero attached hydrogens (tertiary/aromatic N) is 2. The Morgan fingerprint density at radius 3 is 2.58 bits per heavy atom. The largest absolute Gasteiger partial charge is 0.345 e. The topological polar surface area (TPSA) is 66.9 Å². The van der Waals surface area contributed by atoms with E-state index in [1.54, 1.807) is 0 Å². The maximum absolute atomic E-state index is 12.7. The average molecular weight is 324 g/mol. The lowest BCUT2D eigenvalue weighted by Crippen LogP contribution is -2.43. The van der Waals surface area contributed by atoms with Crippen molar-refractivity contribution in [1.82, 2.24) is 20.6 Å². The van der Waals surface area contributed by atoms with E-state index >= 15 is 0 Å². The molecule has 3 heterocycles. The van der Waals surface area contributed by atoms with Gasteiger partial charge in [0.1, 0.15) is 0 Å². The fourth-order valence-corrected chi connectivity index (χ4v) is 4.09. The van der Waals surface area contributed by atoms with Crippen LogP contribution in [-0.4, -0.2) is 29.0 Å². The van der Waals surface area contributed by atoms with Gasteiger partial charge in [-0.05, 0) is 70.8 Å². The van der Waals surface area contributed by atoms with Crippen molar-refractivity contribution in [2.75, 3.05) is 13.1 Å². The Balaban J connectivity index is 1.66. The number of piperidine rings is 1. The normalized spacial score (nSPS) is 25.6. The standard InChI is InChI=1S/C19H24N4O/c1-10-5-6-12-15(21-10)7-11(2)22-17(12)19(3,4)23-18(24)16-13-8-20-9-14(13)16/h5-7,13-14,16,20H,8-9H2,1-4H3,(H,23,24)/t13-,14+,16+. The third-order valence-electron chi connectivity index (χ3n) is 5.37. The van der Waals surface area contributed by atoms with Crippen molar-refractivity contribution in [3.05, 3.63) is 35.3 Å². The number of aromatic nitrogens is 2. The molecule has 1 saturated heterocycles.